The summed E-state index contributed by atoms with van der Waals surface area (Å²) in [5.41, 5.74) is 1.46. The van der Waals surface area contributed by atoms with Gasteiger partial charge in [0.1, 0.15) is 5.76 Å². The van der Waals surface area contributed by atoms with Crippen molar-refractivity contribution in [3.63, 3.8) is 0 Å². The van der Waals surface area contributed by atoms with Crippen LogP contribution in [0.3, 0.4) is 0 Å². The molecular weight excluding hydrogens is 162 g/mol. The summed E-state index contributed by atoms with van der Waals surface area (Å²) >= 11 is 0. The number of aliphatic hydroxyl groups is 1. The second-order valence-electron chi connectivity index (χ2n) is 3.22. The predicted molar refractivity (Wildman–Crippen MR) is 58.1 cm³/mol. The maximum atomic E-state index is 9.75. The van der Waals surface area contributed by atoms with E-state index in [0.29, 0.717) is 5.70 Å². The van der Waals surface area contributed by atoms with Crippen molar-refractivity contribution in [1.29, 1.82) is 0 Å². The lowest BCUT2D eigenvalue weighted by Crippen LogP contribution is -1.99. The van der Waals surface area contributed by atoms with E-state index in [1.807, 2.05) is 27.7 Å². The van der Waals surface area contributed by atoms with Crippen LogP contribution in [0.2, 0.25) is 0 Å². The van der Waals surface area contributed by atoms with E-state index in [-0.39, 0.29) is 11.7 Å². The van der Waals surface area contributed by atoms with Crippen molar-refractivity contribution in [1.82, 2.24) is 0 Å². The molecule has 0 aromatic carbocycles. The number of nitrogens with zero attached hydrogens (tertiary/aromatic N) is 1. The van der Waals surface area contributed by atoms with Crippen LogP contribution in [0, 0.1) is 5.92 Å². The van der Waals surface area contributed by atoms with Crippen molar-refractivity contribution in [3.05, 3.63) is 23.6 Å². The molecule has 0 fully saturated rings. The summed E-state index contributed by atoms with van der Waals surface area (Å²) in [6.07, 6.45) is 2.41. The smallest absolute Gasteiger partial charge is 0.139 e. The molecular formula is C11H19NO. The lowest BCUT2D eigenvalue weighted by molar-refractivity contribution is 0.401. The molecule has 13 heavy (non-hydrogen) atoms. The molecule has 0 aromatic heterocycles. The monoisotopic (exact) mass is 181 g/mol. The van der Waals surface area contributed by atoms with E-state index in [1.54, 1.807) is 6.21 Å². The second kappa shape index (κ2) is 5.57. The summed E-state index contributed by atoms with van der Waals surface area (Å²) in [5, 5.41) is 9.75. The van der Waals surface area contributed by atoms with Gasteiger partial charge >= 0.3 is 0 Å². The summed E-state index contributed by atoms with van der Waals surface area (Å²) in [6, 6.07) is 0. The molecule has 1 N–H and O–H groups in total. The highest BCUT2D eigenvalue weighted by Crippen LogP contribution is 2.20. The summed E-state index contributed by atoms with van der Waals surface area (Å²) < 4.78 is 0. The van der Waals surface area contributed by atoms with Crippen LogP contribution in [-0.2, 0) is 0 Å². The van der Waals surface area contributed by atoms with E-state index in [1.165, 1.54) is 0 Å². The summed E-state index contributed by atoms with van der Waals surface area (Å²) in [6.45, 7) is 11.6. The van der Waals surface area contributed by atoms with Gasteiger partial charge in [-0.1, -0.05) is 27.4 Å². The molecule has 0 bridgehead atoms. The zero-order valence-corrected chi connectivity index (χ0v) is 8.96. The third kappa shape index (κ3) is 3.45. The summed E-state index contributed by atoms with van der Waals surface area (Å²) in [7, 11) is 0. The Balaban J connectivity index is 4.85. The zero-order valence-electron chi connectivity index (χ0n) is 8.96. The quantitative estimate of drug-likeness (QED) is 0.402. The van der Waals surface area contributed by atoms with Gasteiger partial charge in [0.25, 0.3) is 0 Å². The Kier molecular flexibility index (Phi) is 5.12. The second-order valence-corrected chi connectivity index (χ2v) is 3.22. The van der Waals surface area contributed by atoms with Gasteiger partial charge in [0.05, 0.1) is 5.70 Å². The van der Waals surface area contributed by atoms with Crippen LogP contribution in [0.5, 0.6) is 0 Å². The minimum absolute atomic E-state index is 0.246. The molecule has 0 saturated carbocycles. The molecule has 0 saturated heterocycles. The number of hydrogen-bond donors (Lipinski definition) is 1. The first-order valence-electron chi connectivity index (χ1n) is 4.64. The van der Waals surface area contributed by atoms with Gasteiger partial charge in [0.2, 0.25) is 0 Å². The van der Waals surface area contributed by atoms with Gasteiger partial charge in [0, 0.05) is 6.21 Å². The SMILES string of the molecule is C=C(/C(O)=C(/CC)N=CC)C(C)C. The Morgan fingerprint density at radius 3 is 2.38 bits per heavy atom. The largest absolute Gasteiger partial charge is 0.506 e. The van der Waals surface area contributed by atoms with Gasteiger partial charge in [-0.2, -0.15) is 0 Å². The molecule has 0 aliphatic heterocycles. The first kappa shape index (κ1) is 11.9. The minimum Gasteiger partial charge on any atom is -0.506 e. The molecule has 0 atom stereocenters. The number of aliphatic imine (C=N–C) groups is 1. The lowest BCUT2D eigenvalue weighted by Gasteiger charge is -2.10. The van der Waals surface area contributed by atoms with Crippen LogP contribution in [0.25, 0.3) is 0 Å². The molecule has 74 valence electrons. The van der Waals surface area contributed by atoms with Crippen LogP contribution < -0.4 is 0 Å². The van der Waals surface area contributed by atoms with Crippen molar-refractivity contribution in [2.24, 2.45) is 10.9 Å². The van der Waals surface area contributed by atoms with Crippen molar-refractivity contribution in [2.45, 2.75) is 34.1 Å². The Morgan fingerprint density at radius 1 is 1.54 bits per heavy atom. The lowest BCUT2D eigenvalue weighted by atomic mass is 10.0. The molecule has 0 aliphatic carbocycles. The summed E-state index contributed by atoms with van der Waals surface area (Å²) in [5.74, 6) is 0.504. The Morgan fingerprint density at radius 2 is 2.08 bits per heavy atom. The van der Waals surface area contributed by atoms with Crippen molar-refractivity contribution in [3.8, 4) is 0 Å². The molecule has 0 spiro atoms. The zero-order chi connectivity index (χ0) is 10.4. The molecule has 2 nitrogen and oxygen atoms in total. The van der Waals surface area contributed by atoms with Crippen LogP contribution in [0.4, 0.5) is 0 Å². The van der Waals surface area contributed by atoms with Gasteiger partial charge in [-0.3, -0.25) is 4.99 Å². The minimum atomic E-state index is 0.246. The fourth-order valence-electron chi connectivity index (χ4n) is 0.934. The number of rotatable bonds is 4. The van der Waals surface area contributed by atoms with E-state index in [4.69, 9.17) is 0 Å². The van der Waals surface area contributed by atoms with Crippen molar-refractivity contribution >= 4 is 6.21 Å². The average Bonchev–Trinajstić information content (AvgIpc) is 2.11. The van der Waals surface area contributed by atoms with E-state index >= 15 is 0 Å². The molecule has 0 unspecified atom stereocenters. The average molecular weight is 181 g/mol. The van der Waals surface area contributed by atoms with Crippen LogP contribution in [-0.4, -0.2) is 11.3 Å². The van der Waals surface area contributed by atoms with E-state index < -0.39 is 0 Å². The van der Waals surface area contributed by atoms with Gasteiger partial charge in [0.15, 0.2) is 0 Å². The van der Waals surface area contributed by atoms with Crippen LogP contribution in [0.15, 0.2) is 28.6 Å². The van der Waals surface area contributed by atoms with E-state index in [0.717, 1.165) is 12.0 Å². The van der Waals surface area contributed by atoms with Gasteiger partial charge in [-0.05, 0) is 24.8 Å². The van der Waals surface area contributed by atoms with Crippen molar-refractivity contribution < 1.29 is 5.11 Å². The van der Waals surface area contributed by atoms with Crippen LogP contribution in [0.1, 0.15) is 34.1 Å². The fraction of sp³-hybridized carbons (Fsp3) is 0.545. The Bertz CT molecular complexity index is 236. The molecule has 2 heteroatoms. The Hall–Kier alpha value is -1.05. The predicted octanol–water partition coefficient (Wildman–Crippen LogP) is 3.47. The van der Waals surface area contributed by atoms with Gasteiger partial charge < -0.3 is 5.11 Å². The normalized spacial score (nSPS) is 13.6. The highest BCUT2D eigenvalue weighted by Gasteiger charge is 2.09. The molecule has 0 radical (unpaired) electrons. The van der Waals surface area contributed by atoms with E-state index in [2.05, 4.69) is 11.6 Å². The third-order valence-corrected chi connectivity index (χ3v) is 1.89. The van der Waals surface area contributed by atoms with E-state index in [9.17, 15) is 5.11 Å². The standard InChI is InChI=1S/C11H19NO/c1-6-10(12-7-2)11(13)9(5)8(3)4/h7-8,13H,5-6H2,1-4H3/b11-10+,12-7?. The number of aliphatic hydroxyl groups excluding tert-OH is 1. The summed E-state index contributed by atoms with van der Waals surface area (Å²) in [4.78, 5) is 4.09. The first-order valence-corrected chi connectivity index (χ1v) is 4.64. The molecule has 0 aromatic rings. The van der Waals surface area contributed by atoms with Gasteiger partial charge in [-0.15, -0.1) is 0 Å². The maximum absolute atomic E-state index is 9.75. The highest BCUT2D eigenvalue weighted by molar-refractivity contribution is 5.55. The highest BCUT2D eigenvalue weighted by atomic mass is 16.3. The van der Waals surface area contributed by atoms with Crippen LogP contribution >= 0.6 is 0 Å². The fourth-order valence-corrected chi connectivity index (χ4v) is 0.934. The molecule has 0 heterocycles. The third-order valence-electron chi connectivity index (χ3n) is 1.89. The molecule has 0 rings (SSSR count). The van der Waals surface area contributed by atoms with Crippen molar-refractivity contribution in [2.75, 3.05) is 0 Å². The van der Waals surface area contributed by atoms with Gasteiger partial charge in [-0.25, -0.2) is 0 Å². The Labute approximate surface area is 80.7 Å². The first-order chi connectivity index (χ1) is 6.04. The topological polar surface area (TPSA) is 32.6 Å². The molecule has 0 amide bonds. The molecule has 0 aliphatic rings. The number of hydrogen-bond acceptors (Lipinski definition) is 2. The maximum Gasteiger partial charge on any atom is 0.139 e. The number of allylic oxidation sites excluding steroid dienone is 2.